The Bertz CT molecular complexity index is 819. The summed E-state index contributed by atoms with van der Waals surface area (Å²) in [5, 5.41) is 0. The molecule has 1 aliphatic rings. The molecule has 0 saturated heterocycles. The van der Waals surface area contributed by atoms with E-state index in [1.807, 2.05) is 36.6 Å². The van der Waals surface area contributed by atoms with Crippen molar-refractivity contribution in [3.05, 3.63) is 35.0 Å². The van der Waals surface area contributed by atoms with Gasteiger partial charge in [0, 0.05) is 6.54 Å². The molecule has 0 saturated carbocycles. The lowest BCUT2D eigenvalue weighted by Gasteiger charge is -2.12. The highest BCUT2D eigenvalue weighted by molar-refractivity contribution is 7.16. The Labute approximate surface area is 137 Å². The van der Waals surface area contributed by atoms with Gasteiger partial charge in [0.25, 0.3) is 0 Å². The standard InChI is InChI=1S/C16H18N2O4S/c1-3-18-14-11(21-4-2)6-5-7-13(14)23-16(18)17-15(19)12-10-20-8-9-22-12/h5-7,10H,3-4,8-9H2,1-2H3. The summed E-state index contributed by atoms with van der Waals surface area (Å²) in [5.74, 6) is 0.506. The van der Waals surface area contributed by atoms with E-state index < -0.39 is 5.91 Å². The third-order valence-electron chi connectivity index (χ3n) is 3.34. The van der Waals surface area contributed by atoms with Crippen LogP contribution in [0.5, 0.6) is 5.75 Å². The Hall–Kier alpha value is -2.28. The molecule has 1 aromatic heterocycles. The number of benzene rings is 1. The first-order valence-corrected chi connectivity index (χ1v) is 8.35. The van der Waals surface area contributed by atoms with Crippen LogP contribution in [0.15, 0.2) is 35.2 Å². The molecular weight excluding hydrogens is 316 g/mol. The zero-order valence-electron chi connectivity index (χ0n) is 13.1. The number of fused-ring (bicyclic) bond motifs is 1. The van der Waals surface area contributed by atoms with Crippen LogP contribution in [0.2, 0.25) is 0 Å². The number of rotatable bonds is 4. The van der Waals surface area contributed by atoms with Crippen molar-refractivity contribution in [2.45, 2.75) is 20.4 Å². The molecule has 0 unspecified atom stereocenters. The number of hydrogen-bond acceptors (Lipinski definition) is 5. The summed E-state index contributed by atoms with van der Waals surface area (Å²) >= 11 is 1.45. The largest absolute Gasteiger partial charge is 0.494 e. The Morgan fingerprint density at radius 3 is 2.96 bits per heavy atom. The first kappa shape index (κ1) is 15.6. The molecule has 23 heavy (non-hydrogen) atoms. The van der Waals surface area contributed by atoms with Crippen molar-refractivity contribution in [2.75, 3.05) is 19.8 Å². The van der Waals surface area contributed by atoms with Gasteiger partial charge in [0.2, 0.25) is 5.76 Å². The summed E-state index contributed by atoms with van der Waals surface area (Å²) in [6.07, 6.45) is 1.32. The van der Waals surface area contributed by atoms with Gasteiger partial charge in [0.1, 0.15) is 30.7 Å². The predicted octanol–water partition coefficient (Wildman–Crippen LogP) is 2.44. The molecule has 1 aliphatic heterocycles. The van der Waals surface area contributed by atoms with Gasteiger partial charge >= 0.3 is 5.91 Å². The van der Waals surface area contributed by atoms with Gasteiger partial charge in [-0.3, -0.25) is 4.79 Å². The van der Waals surface area contributed by atoms with Crippen LogP contribution < -0.4 is 9.54 Å². The Morgan fingerprint density at radius 2 is 2.26 bits per heavy atom. The molecule has 7 heteroatoms. The number of aromatic nitrogens is 1. The van der Waals surface area contributed by atoms with Gasteiger partial charge in [-0.05, 0) is 26.0 Å². The van der Waals surface area contributed by atoms with Gasteiger partial charge in [0.05, 0.1) is 11.3 Å². The third kappa shape index (κ3) is 3.10. The van der Waals surface area contributed by atoms with E-state index in [-0.39, 0.29) is 5.76 Å². The lowest BCUT2D eigenvalue weighted by Crippen LogP contribution is -2.19. The number of para-hydroxylation sites is 1. The predicted molar refractivity (Wildman–Crippen MR) is 87.2 cm³/mol. The van der Waals surface area contributed by atoms with E-state index >= 15 is 0 Å². The molecule has 0 aliphatic carbocycles. The number of carbonyl (C=O) groups is 1. The number of nitrogens with zero attached hydrogens (tertiary/aromatic N) is 2. The minimum Gasteiger partial charge on any atom is -0.494 e. The molecule has 6 nitrogen and oxygen atoms in total. The third-order valence-corrected chi connectivity index (χ3v) is 4.38. The van der Waals surface area contributed by atoms with Crippen molar-refractivity contribution < 1.29 is 19.0 Å². The van der Waals surface area contributed by atoms with E-state index in [2.05, 4.69) is 4.99 Å². The summed E-state index contributed by atoms with van der Waals surface area (Å²) < 4.78 is 19.1. The second-order valence-corrected chi connectivity index (χ2v) is 5.79. The fourth-order valence-corrected chi connectivity index (χ4v) is 3.48. The molecule has 0 N–H and O–H groups in total. The maximum atomic E-state index is 12.2. The Balaban J connectivity index is 2.10. The van der Waals surface area contributed by atoms with Crippen molar-refractivity contribution in [1.82, 2.24) is 4.57 Å². The lowest BCUT2D eigenvalue weighted by atomic mass is 10.3. The normalized spacial score (nSPS) is 15.0. The van der Waals surface area contributed by atoms with E-state index in [0.717, 1.165) is 16.0 Å². The van der Waals surface area contributed by atoms with E-state index in [9.17, 15) is 4.79 Å². The summed E-state index contributed by atoms with van der Waals surface area (Å²) in [7, 11) is 0. The van der Waals surface area contributed by atoms with Gasteiger partial charge in [-0.2, -0.15) is 4.99 Å². The molecule has 122 valence electrons. The van der Waals surface area contributed by atoms with Gasteiger partial charge in [-0.1, -0.05) is 17.4 Å². The molecule has 0 fully saturated rings. The average molecular weight is 334 g/mol. The molecule has 1 amide bonds. The van der Waals surface area contributed by atoms with Crippen LogP contribution in [-0.2, 0) is 20.8 Å². The summed E-state index contributed by atoms with van der Waals surface area (Å²) in [6.45, 7) is 6.05. The molecular formula is C16H18N2O4S. The van der Waals surface area contributed by atoms with Crippen molar-refractivity contribution in [2.24, 2.45) is 4.99 Å². The second-order valence-electron chi connectivity index (χ2n) is 4.78. The smallest absolute Gasteiger partial charge is 0.317 e. The zero-order valence-corrected chi connectivity index (χ0v) is 13.9. The highest BCUT2D eigenvalue weighted by Crippen LogP contribution is 2.27. The SMILES string of the molecule is CCOc1cccc2sc(=NC(=O)C3=COCCO3)n(CC)c12. The molecule has 0 spiro atoms. The van der Waals surface area contributed by atoms with Crippen molar-refractivity contribution >= 4 is 27.5 Å². The molecule has 3 rings (SSSR count). The van der Waals surface area contributed by atoms with Crippen LogP contribution in [-0.4, -0.2) is 30.3 Å². The number of aryl methyl sites for hydroxylation is 1. The van der Waals surface area contributed by atoms with Gasteiger partial charge in [0.15, 0.2) is 4.80 Å². The Kier molecular flexibility index (Phi) is 4.66. The number of thiazole rings is 1. The van der Waals surface area contributed by atoms with Crippen molar-refractivity contribution in [3.8, 4) is 5.75 Å². The van der Waals surface area contributed by atoms with Gasteiger partial charge in [-0.25, -0.2) is 0 Å². The van der Waals surface area contributed by atoms with E-state index in [1.54, 1.807) is 0 Å². The first-order chi connectivity index (χ1) is 11.2. The highest BCUT2D eigenvalue weighted by atomic mass is 32.1. The monoisotopic (exact) mass is 334 g/mol. The average Bonchev–Trinajstić information content (AvgIpc) is 2.94. The number of ether oxygens (including phenoxy) is 3. The van der Waals surface area contributed by atoms with Crippen LogP contribution in [0.25, 0.3) is 10.2 Å². The Morgan fingerprint density at radius 1 is 1.39 bits per heavy atom. The lowest BCUT2D eigenvalue weighted by molar-refractivity contribution is -0.119. The van der Waals surface area contributed by atoms with Crippen molar-refractivity contribution in [3.63, 3.8) is 0 Å². The topological polar surface area (TPSA) is 62.1 Å². The molecule has 0 atom stereocenters. The zero-order chi connectivity index (χ0) is 16.2. The fraction of sp³-hybridized carbons (Fsp3) is 0.375. The number of carbonyl (C=O) groups excluding carboxylic acids is 1. The van der Waals surface area contributed by atoms with Crippen LogP contribution >= 0.6 is 11.3 Å². The van der Waals surface area contributed by atoms with Crippen LogP contribution in [0, 0.1) is 0 Å². The molecule has 2 heterocycles. The number of amides is 1. The van der Waals surface area contributed by atoms with Gasteiger partial charge in [-0.15, -0.1) is 0 Å². The second kappa shape index (κ2) is 6.87. The summed E-state index contributed by atoms with van der Waals surface area (Å²) in [4.78, 5) is 17.1. The van der Waals surface area contributed by atoms with Crippen LogP contribution in [0.3, 0.4) is 0 Å². The van der Waals surface area contributed by atoms with Gasteiger partial charge < -0.3 is 18.8 Å². The maximum Gasteiger partial charge on any atom is 0.317 e. The van der Waals surface area contributed by atoms with Crippen LogP contribution in [0.4, 0.5) is 0 Å². The quantitative estimate of drug-likeness (QED) is 0.861. The van der Waals surface area contributed by atoms with Crippen LogP contribution in [0.1, 0.15) is 13.8 Å². The van der Waals surface area contributed by atoms with E-state index in [4.69, 9.17) is 14.2 Å². The maximum absolute atomic E-state index is 12.2. The minimum absolute atomic E-state index is 0.140. The molecule has 0 radical (unpaired) electrons. The fourth-order valence-electron chi connectivity index (χ4n) is 2.37. The van der Waals surface area contributed by atoms with E-state index in [0.29, 0.717) is 31.2 Å². The molecule has 2 aromatic rings. The van der Waals surface area contributed by atoms with Crippen molar-refractivity contribution in [1.29, 1.82) is 0 Å². The minimum atomic E-state index is -0.434. The number of hydrogen-bond donors (Lipinski definition) is 0. The molecule has 1 aromatic carbocycles. The molecule has 0 bridgehead atoms. The summed E-state index contributed by atoms with van der Waals surface area (Å²) in [5.41, 5.74) is 0.961. The first-order valence-electron chi connectivity index (χ1n) is 7.53. The summed E-state index contributed by atoms with van der Waals surface area (Å²) in [6, 6.07) is 5.87. The van der Waals surface area contributed by atoms with E-state index in [1.165, 1.54) is 17.6 Å². The highest BCUT2D eigenvalue weighted by Gasteiger charge is 2.16.